The van der Waals surface area contributed by atoms with Crippen molar-refractivity contribution in [2.75, 3.05) is 19.0 Å². The maximum absolute atomic E-state index is 4.50. The molecule has 0 saturated heterocycles. The third-order valence-electron chi connectivity index (χ3n) is 2.49. The minimum atomic E-state index is 0.344. The SMILES string of the molecule is CC(C)c1nccn1-c1nccc(N(C)C)n1. The zero-order valence-electron chi connectivity index (χ0n) is 10.6. The summed E-state index contributed by atoms with van der Waals surface area (Å²) in [4.78, 5) is 15.1. The van der Waals surface area contributed by atoms with Crippen molar-refractivity contribution >= 4 is 5.82 Å². The van der Waals surface area contributed by atoms with Crippen molar-refractivity contribution in [3.8, 4) is 5.95 Å². The summed E-state index contributed by atoms with van der Waals surface area (Å²) in [6.07, 6.45) is 5.44. The van der Waals surface area contributed by atoms with Crippen LogP contribution in [0.2, 0.25) is 0 Å². The van der Waals surface area contributed by atoms with Crippen LogP contribution in [-0.4, -0.2) is 33.6 Å². The molecule has 2 heterocycles. The summed E-state index contributed by atoms with van der Waals surface area (Å²) < 4.78 is 1.93. The van der Waals surface area contributed by atoms with Crippen LogP contribution in [0.15, 0.2) is 24.7 Å². The topological polar surface area (TPSA) is 46.8 Å². The second-order valence-corrected chi connectivity index (χ2v) is 4.42. The van der Waals surface area contributed by atoms with Crippen LogP contribution in [0.1, 0.15) is 25.6 Å². The maximum atomic E-state index is 4.50. The fourth-order valence-electron chi connectivity index (χ4n) is 1.62. The quantitative estimate of drug-likeness (QED) is 0.808. The van der Waals surface area contributed by atoms with Gasteiger partial charge in [0.25, 0.3) is 0 Å². The summed E-state index contributed by atoms with van der Waals surface area (Å²) in [5.74, 6) is 2.87. The van der Waals surface area contributed by atoms with Crippen LogP contribution in [0.25, 0.3) is 5.95 Å². The molecular formula is C12H17N5. The molecule has 0 unspecified atom stereocenters. The van der Waals surface area contributed by atoms with Crippen LogP contribution < -0.4 is 4.90 Å². The summed E-state index contributed by atoms with van der Waals surface area (Å²) in [6, 6.07) is 1.88. The highest BCUT2D eigenvalue weighted by Crippen LogP contribution is 2.16. The molecule has 17 heavy (non-hydrogen) atoms. The van der Waals surface area contributed by atoms with Crippen molar-refractivity contribution in [2.24, 2.45) is 0 Å². The van der Waals surface area contributed by atoms with Crippen LogP contribution in [0.3, 0.4) is 0 Å². The Morgan fingerprint density at radius 3 is 2.59 bits per heavy atom. The largest absolute Gasteiger partial charge is 0.363 e. The van der Waals surface area contributed by atoms with E-state index >= 15 is 0 Å². The van der Waals surface area contributed by atoms with Gasteiger partial charge in [-0.2, -0.15) is 4.98 Å². The second-order valence-electron chi connectivity index (χ2n) is 4.42. The van der Waals surface area contributed by atoms with Gasteiger partial charge in [0.1, 0.15) is 11.6 Å². The number of imidazole rings is 1. The Bertz CT molecular complexity index is 501. The van der Waals surface area contributed by atoms with E-state index in [1.807, 2.05) is 35.8 Å². The molecule has 2 rings (SSSR count). The highest BCUT2D eigenvalue weighted by atomic mass is 15.2. The van der Waals surface area contributed by atoms with Gasteiger partial charge in [-0.3, -0.25) is 4.57 Å². The van der Waals surface area contributed by atoms with Crippen molar-refractivity contribution in [3.63, 3.8) is 0 Å². The molecule has 0 spiro atoms. The minimum Gasteiger partial charge on any atom is -0.363 e. The van der Waals surface area contributed by atoms with E-state index in [-0.39, 0.29) is 0 Å². The molecule has 2 aromatic rings. The van der Waals surface area contributed by atoms with Crippen LogP contribution in [-0.2, 0) is 0 Å². The molecule has 0 aliphatic carbocycles. The van der Waals surface area contributed by atoms with Gasteiger partial charge in [-0.15, -0.1) is 0 Å². The van der Waals surface area contributed by atoms with Crippen LogP contribution in [0.5, 0.6) is 0 Å². The lowest BCUT2D eigenvalue weighted by Crippen LogP contribution is -2.13. The number of rotatable bonds is 3. The van der Waals surface area contributed by atoms with Gasteiger partial charge in [0.2, 0.25) is 5.95 Å². The first-order valence-corrected chi connectivity index (χ1v) is 5.63. The van der Waals surface area contributed by atoms with E-state index in [9.17, 15) is 0 Å². The Kier molecular flexibility index (Phi) is 3.08. The van der Waals surface area contributed by atoms with E-state index in [4.69, 9.17) is 0 Å². The Morgan fingerprint density at radius 2 is 1.94 bits per heavy atom. The zero-order chi connectivity index (χ0) is 12.4. The first-order valence-electron chi connectivity index (χ1n) is 5.63. The van der Waals surface area contributed by atoms with Gasteiger partial charge in [0.15, 0.2) is 0 Å². The smallest absolute Gasteiger partial charge is 0.237 e. The van der Waals surface area contributed by atoms with Crippen molar-refractivity contribution in [3.05, 3.63) is 30.5 Å². The second kappa shape index (κ2) is 4.53. The van der Waals surface area contributed by atoms with Gasteiger partial charge in [0, 0.05) is 38.6 Å². The lowest BCUT2D eigenvalue weighted by atomic mass is 10.2. The summed E-state index contributed by atoms with van der Waals surface area (Å²) in [6.45, 7) is 4.21. The van der Waals surface area contributed by atoms with E-state index < -0.39 is 0 Å². The number of hydrogen-bond donors (Lipinski definition) is 0. The average Bonchev–Trinajstić information content (AvgIpc) is 2.78. The molecule has 5 heteroatoms. The van der Waals surface area contributed by atoms with Gasteiger partial charge in [-0.05, 0) is 6.07 Å². The van der Waals surface area contributed by atoms with Gasteiger partial charge >= 0.3 is 0 Å². The van der Waals surface area contributed by atoms with Crippen LogP contribution in [0, 0.1) is 0 Å². The predicted octanol–water partition coefficient (Wildman–Crippen LogP) is 1.85. The van der Waals surface area contributed by atoms with Crippen LogP contribution in [0.4, 0.5) is 5.82 Å². The molecule has 0 saturated carbocycles. The highest BCUT2D eigenvalue weighted by Gasteiger charge is 2.11. The number of hydrogen-bond acceptors (Lipinski definition) is 4. The van der Waals surface area contributed by atoms with E-state index in [0.29, 0.717) is 11.9 Å². The van der Waals surface area contributed by atoms with E-state index in [1.165, 1.54) is 0 Å². The van der Waals surface area contributed by atoms with Gasteiger partial charge in [-0.1, -0.05) is 13.8 Å². The molecule has 0 atom stereocenters. The molecule has 0 aliphatic rings. The number of nitrogens with zero attached hydrogens (tertiary/aromatic N) is 5. The molecule has 0 N–H and O–H groups in total. The Balaban J connectivity index is 2.46. The average molecular weight is 231 g/mol. The summed E-state index contributed by atoms with van der Waals surface area (Å²) >= 11 is 0. The molecule has 0 aliphatic heterocycles. The first-order chi connectivity index (χ1) is 8.09. The summed E-state index contributed by atoms with van der Waals surface area (Å²) in [5, 5.41) is 0. The summed E-state index contributed by atoms with van der Waals surface area (Å²) in [5.41, 5.74) is 0. The fraction of sp³-hybridized carbons (Fsp3) is 0.417. The van der Waals surface area contributed by atoms with Gasteiger partial charge < -0.3 is 4.90 Å². The molecule has 90 valence electrons. The zero-order valence-corrected chi connectivity index (χ0v) is 10.6. The lowest BCUT2D eigenvalue weighted by Gasteiger charge is -2.13. The van der Waals surface area contributed by atoms with Crippen molar-refractivity contribution in [1.82, 2.24) is 19.5 Å². The van der Waals surface area contributed by atoms with Gasteiger partial charge in [-0.25, -0.2) is 9.97 Å². The third-order valence-corrected chi connectivity index (χ3v) is 2.49. The molecule has 5 nitrogen and oxygen atoms in total. The number of aromatic nitrogens is 4. The first kappa shape index (κ1) is 11.6. The predicted molar refractivity (Wildman–Crippen MR) is 67.6 cm³/mol. The minimum absolute atomic E-state index is 0.344. The molecule has 0 radical (unpaired) electrons. The summed E-state index contributed by atoms with van der Waals surface area (Å²) in [7, 11) is 3.92. The molecule has 0 fully saturated rings. The Morgan fingerprint density at radius 1 is 1.18 bits per heavy atom. The molecule has 2 aromatic heterocycles. The molecule has 0 amide bonds. The standard InChI is InChI=1S/C12H17N5/c1-9(2)11-13-7-8-17(11)12-14-6-5-10(15-12)16(3)4/h5-9H,1-4H3. The van der Waals surface area contributed by atoms with Crippen molar-refractivity contribution < 1.29 is 0 Å². The van der Waals surface area contributed by atoms with Crippen molar-refractivity contribution in [1.29, 1.82) is 0 Å². The maximum Gasteiger partial charge on any atom is 0.237 e. The van der Waals surface area contributed by atoms with E-state index in [1.54, 1.807) is 12.4 Å². The van der Waals surface area contributed by atoms with Gasteiger partial charge in [0.05, 0.1) is 0 Å². The molecule has 0 aromatic carbocycles. The Labute approximate surface area is 101 Å². The fourth-order valence-corrected chi connectivity index (χ4v) is 1.62. The van der Waals surface area contributed by atoms with Crippen LogP contribution >= 0.6 is 0 Å². The normalized spacial score (nSPS) is 10.9. The van der Waals surface area contributed by atoms with Crippen molar-refractivity contribution in [2.45, 2.75) is 19.8 Å². The lowest BCUT2D eigenvalue weighted by molar-refractivity contribution is 0.732. The number of anilines is 1. The molecule has 0 bridgehead atoms. The third kappa shape index (κ3) is 2.27. The molecular weight excluding hydrogens is 214 g/mol. The Hall–Kier alpha value is -1.91. The van der Waals surface area contributed by atoms with E-state index in [0.717, 1.165) is 11.6 Å². The van der Waals surface area contributed by atoms with E-state index in [2.05, 4.69) is 28.8 Å². The highest BCUT2D eigenvalue weighted by molar-refractivity contribution is 5.37. The monoisotopic (exact) mass is 231 g/mol.